The molecule has 0 amide bonds. The number of halogens is 2. The van der Waals surface area contributed by atoms with Gasteiger partial charge in [-0.3, -0.25) is 14.2 Å². The first kappa shape index (κ1) is 29.0. The molecule has 42 heavy (non-hydrogen) atoms. The zero-order valence-electron chi connectivity index (χ0n) is 23.8. The van der Waals surface area contributed by atoms with Gasteiger partial charge in [0.1, 0.15) is 16.7 Å². The maximum absolute atomic E-state index is 15.1. The number of esters is 2. The zero-order chi connectivity index (χ0) is 30.3. The molecule has 0 N–H and O–H groups in total. The predicted octanol–water partition coefficient (Wildman–Crippen LogP) is 6.50. The van der Waals surface area contributed by atoms with Crippen LogP contribution >= 0.6 is 11.6 Å². The molecule has 0 atom stereocenters. The second kappa shape index (κ2) is 11.1. The first-order valence-corrected chi connectivity index (χ1v) is 13.6. The molecule has 3 heterocycles. The minimum atomic E-state index is -0.758. The fourth-order valence-electron chi connectivity index (χ4n) is 4.90. The van der Waals surface area contributed by atoms with Gasteiger partial charge < -0.3 is 14.0 Å². The third-order valence-electron chi connectivity index (χ3n) is 7.13. The van der Waals surface area contributed by atoms with Crippen molar-refractivity contribution in [1.29, 1.82) is 0 Å². The van der Waals surface area contributed by atoms with E-state index in [-0.39, 0.29) is 35.2 Å². The van der Waals surface area contributed by atoms with Crippen molar-refractivity contribution < 1.29 is 23.5 Å². The number of hydrogen-bond acceptors (Lipinski definition) is 6. The number of fused-ring (bicyclic) bond motifs is 2. The van der Waals surface area contributed by atoms with E-state index in [1.165, 1.54) is 23.9 Å². The second-order valence-corrected chi connectivity index (χ2v) is 11.4. The average Bonchev–Trinajstić information content (AvgIpc) is 3.25. The van der Waals surface area contributed by atoms with Crippen LogP contribution in [0.15, 0.2) is 65.7 Å². The van der Waals surface area contributed by atoms with Crippen LogP contribution in [0, 0.1) is 18.2 Å². The molecule has 216 valence electrons. The SMILES string of the molecule is COC(=O)c1c(-c2cccn(COC(=O)C(C)(C)C)c2=O)c2cc(C)c(F)cc2n1Cc1c(Cl)ncc2ccccc12. The van der Waals surface area contributed by atoms with Gasteiger partial charge in [-0.05, 0) is 62.9 Å². The summed E-state index contributed by atoms with van der Waals surface area (Å²) < 4.78 is 28.5. The number of methoxy groups -OCH3 is 1. The Hall–Kier alpha value is -4.50. The molecule has 0 spiro atoms. The summed E-state index contributed by atoms with van der Waals surface area (Å²) in [7, 11) is 1.24. The van der Waals surface area contributed by atoms with Gasteiger partial charge in [0.15, 0.2) is 6.73 Å². The van der Waals surface area contributed by atoms with Crippen LogP contribution in [0.2, 0.25) is 5.15 Å². The quantitative estimate of drug-likeness (QED) is 0.166. The maximum atomic E-state index is 15.1. The van der Waals surface area contributed by atoms with Crippen molar-refractivity contribution in [3.05, 3.63) is 99.1 Å². The van der Waals surface area contributed by atoms with Gasteiger partial charge >= 0.3 is 11.9 Å². The molecule has 0 radical (unpaired) electrons. The van der Waals surface area contributed by atoms with Crippen molar-refractivity contribution in [2.75, 3.05) is 7.11 Å². The lowest BCUT2D eigenvalue weighted by Gasteiger charge is -2.17. The monoisotopic (exact) mass is 589 g/mol. The molecule has 0 saturated carbocycles. The lowest BCUT2D eigenvalue weighted by atomic mass is 9.98. The summed E-state index contributed by atoms with van der Waals surface area (Å²) in [5, 5.41) is 2.35. The predicted molar refractivity (Wildman–Crippen MR) is 159 cm³/mol. The number of ether oxygens (including phenoxy) is 2. The summed E-state index contributed by atoms with van der Waals surface area (Å²) in [6.45, 7) is 6.47. The molecule has 10 heteroatoms. The van der Waals surface area contributed by atoms with Crippen LogP contribution in [0.25, 0.3) is 32.8 Å². The van der Waals surface area contributed by atoms with Crippen molar-refractivity contribution >= 4 is 45.2 Å². The number of carbonyl (C=O) groups is 2. The maximum Gasteiger partial charge on any atom is 0.355 e. The van der Waals surface area contributed by atoms with E-state index in [4.69, 9.17) is 21.1 Å². The first-order chi connectivity index (χ1) is 19.9. The highest BCUT2D eigenvalue weighted by Gasteiger charge is 2.29. The molecule has 0 saturated heterocycles. The standard InChI is InChI=1S/C32H29ClFN3O5/c1-18-13-22-25(14-24(18)34)37(16-23-20-10-7-6-9-19(20)15-35-28(23)33)27(30(39)41-5)26(22)21-11-8-12-36(29(21)38)17-42-31(40)32(2,3)4/h6-15H,16-17H2,1-5H3. The van der Waals surface area contributed by atoms with Gasteiger partial charge in [-0.25, -0.2) is 14.2 Å². The van der Waals surface area contributed by atoms with Gasteiger partial charge in [0.05, 0.1) is 30.1 Å². The van der Waals surface area contributed by atoms with E-state index in [2.05, 4.69) is 4.98 Å². The largest absolute Gasteiger partial charge is 0.464 e. The highest BCUT2D eigenvalue weighted by molar-refractivity contribution is 6.31. The van der Waals surface area contributed by atoms with Crippen LogP contribution in [0.1, 0.15) is 42.4 Å². The number of rotatable bonds is 6. The Kier molecular flexibility index (Phi) is 7.64. The van der Waals surface area contributed by atoms with Crippen LogP contribution in [0.3, 0.4) is 0 Å². The van der Waals surface area contributed by atoms with E-state index >= 15 is 4.39 Å². The Morgan fingerprint density at radius 1 is 1.07 bits per heavy atom. The molecule has 3 aromatic heterocycles. The number of benzene rings is 2. The molecular formula is C32H29ClFN3O5. The minimum Gasteiger partial charge on any atom is -0.464 e. The summed E-state index contributed by atoms with van der Waals surface area (Å²) in [6.07, 6.45) is 3.15. The summed E-state index contributed by atoms with van der Waals surface area (Å²) in [4.78, 5) is 44.0. The van der Waals surface area contributed by atoms with Crippen molar-refractivity contribution in [2.24, 2.45) is 5.41 Å². The number of nitrogens with zero attached hydrogens (tertiary/aromatic N) is 3. The van der Waals surface area contributed by atoms with E-state index in [9.17, 15) is 14.4 Å². The highest BCUT2D eigenvalue weighted by atomic mass is 35.5. The van der Waals surface area contributed by atoms with E-state index < -0.39 is 28.7 Å². The van der Waals surface area contributed by atoms with E-state index in [1.54, 1.807) is 56.7 Å². The van der Waals surface area contributed by atoms with Gasteiger partial charge in [0.25, 0.3) is 5.56 Å². The number of aryl methyl sites for hydroxylation is 1. The minimum absolute atomic E-state index is 0.0425. The number of hydrogen-bond donors (Lipinski definition) is 0. The summed E-state index contributed by atoms with van der Waals surface area (Å²) in [5.41, 5.74) is 0.519. The molecule has 0 aliphatic heterocycles. The number of aromatic nitrogens is 3. The fourth-order valence-corrected chi connectivity index (χ4v) is 5.12. The molecule has 0 aliphatic carbocycles. The zero-order valence-corrected chi connectivity index (χ0v) is 24.6. The third kappa shape index (κ3) is 5.16. The van der Waals surface area contributed by atoms with Crippen LogP contribution < -0.4 is 5.56 Å². The topological polar surface area (TPSA) is 92.4 Å². The second-order valence-electron chi connectivity index (χ2n) is 11.0. The highest BCUT2D eigenvalue weighted by Crippen LogP contribution is 2.37. The van der Waals surface area contributed by atoms with Crippen LogP contribution in [0.5, 0.6) is 0 Å². The molecule has 0 unspecified atom stereocenters. The summed E-state index contributed by atoms with van der Waals surface area (Å²) in [5.74, 6) is -1.68. The normalized spacial score (nSPS) is 11.7. The van der Waals surface area contributed by atoms with Crippen molar-refractivity contribution in [2.45, 2.75) is 41.0 Å². The van der Waals surface area contributed by atoms with Gasteiger partial charge in [0.2, 0.25) is 0 Å². The smallest absolute Gasteiger partial charge is 0.355 e. The van der Waals surface area contributed by atoms with E-state index in [1.807, 2.05) is 24.3 Å². The van der Waals surface area contributed by atoms with Gasteiger partial charge in [0, 0.05) is 34.3 Å². The molecule has 0 bridgehead atoms. The van der Waals surface area contributed by atoms with Crippen molar-refractivity contribution in [1.82, 2.24) is 14.1 Å². The van der Waals surface area contributed by atoms with Crippen LogP contribution in [-0.4, -0.2) is 33.2 Å². The van der Waals surface area contributed by atoms with E-state index in [0.29, 0.717) is 22.0 Å². The third-order valence-corrected chi connectivity index (χ3v) is 7.45. The Balaban J connectivity index is 1.78. The number of pyridine rings is 2. The Labute approximate surface area is 246 Å². The Morgan fingerprint density at radius 3 is 2.52 bits per heavy atom. The fraction of sp³-hybridized carbons (Fsp3) is 0.250. The molecule has 5 rings (SSSR count). The van der Waals surface area contributed by atoms with Gasteiger partial charge in [-0.2, -0.15) is 0 Å². The van der Waals surface area contributed by atoms with Gasteiger partial charge in [-0.1, -0.05) is 35.9 Å². The lowest BCUT2D eigenvalue weighted by Crippen LogP contribution is -2.28. The van der Waals surface area contributed by atoms with Gasteiger partial charge in [-0.15, -0.1) is 0 Å². The lowest BCUT2D eigenvalue weighted by molar-refractivity contribution is -0.157. The van der Waals surface area contributed by atoms with Crippen LogP contribution in [-0.2, 0) is 27.5 Å². The summed E-state index contributed by atoms with van der Waals surface area (Å²) >= 11 is 6.58. The number of carbonyl (C=O) groups excluding carboxylic acids is 2. The Morgan fingerprint density at radius 2 is 1.81 bits per heavy atom. The Bertz CT molecular complexity index is 1940. The van der Waals surface area contributed by atoms with E-state index in [0.717, 1.165) is 10.8 Å². The summed E-state index contributed by atoms with van der Waals surface area (Å²) in [6, 6.07) is 13.6. The van der Waals surface area contributed by atoms with Crippen molar-refractivity contribution in [3.8, 4) is 11.1 Å². The molecule has 0 aliphatic rings. The van der Waals surface area contributed by atoms with Crippen molar-refractivity contribution in [3.63, 3.8) is 0 Å². The molecule has 0 fully saturated rings. The average molecular weight is 590 g/mol. The molecule has 2 aromatic carbocycles. The molecular weight excluding hydrogens is 561 g/mol. The molecule has 5 aromatic rings. The van der Waals surface area contributed by atoms with Crippen LogP contribution in [0.4, 0.5) is 4.39 Å². The molecule has 8 nitrogen and oxygen atoms in total. The first-order valence-electron chi connectivity index (χ1n) is 13.2.